The molecule has 140 valence electrons. The largest absolute Gasteiger partial charge is 0.445 e. The average Bonchev–Trinajstić information content (AvgIpc) is 2.87. The van der Waals surface area contributed by atoms with Crippen LogP contribution in [0.2, 0.25) is 25.7 Å². The van der Waals surface area contributed by atoms with Crippen molar-refractivity contribution < 1.29 is 14.6 Å². The number of hydrogen-bond acceptors (Lipinski definition) is 3. The van der Waals surface area contributed by atoms with Gasteiger partial charge in [-0.3, -0.25) is 4.90 Å². The summed E-state index contributed by atoms with van der Waals surface area (Å²) in [4.78, 5) is 14.8. The van der Waals surface area contributed by atoms with Gasteiger partial charge in [-0.2, -0.15) is 0 Å². The Balaban J connectivity index is 2.14. The van der Waals surface area contributed by atoms with E-state index in [0.717, 1.165) is 18.0 Å². The lowest BCUT2D eigenvalue weighted by molar-refractivity contribution is 0.0460. The van der Waals surface area contributed by atoms with E-state index in [-0.39, 0.29) is 30.7 Å². The number of hydrogen-bond donors (Lipinski definition) is 1. The topological polar surface area (TPSA) is 49.8 Å². The molecule has 2 rings (SSSR count). The van der Waals surface area contributed by atoms with Crippen LogP contribution in [0.1, 0.15) is 32.3 Å². The Kier molecular flexibility index (Phi) is 6.69. The van der Waals surface area contributed by atoms with Crippen LogP contribution in [0.15, 0.2) is 30.3 Å². The minimum Gasteiger partial charge on any atom is -0.445 e. The molecule has 1 aromatic rings. The van der Waals surface area contributed by atoms with E-state index < -0.39 is 14.2 Å². The molecule has 1 fully saturated rings. The maximum atomic E-state index is 12.9. The second kappa shape index (κ2) is 8.36. The molecule has 0 saturated carbocycles. The highest BCUT2D eigenvalue weighted by molar-refractivity contribution is 6.76. The first-order valence-electron chi connectivity index (χ1n) is 9.40. The number of ether oxygens (including phenoxy) is 1. The summed E-state index contributed by atoms with van der Waals surface area (Å²) in [5.41, 5.74) is 0.984. The van der Waals surface area contributed by atoms with Gasteiger partial charge in [-0.05, 0) is 23.9 Å². The summed E-state index contributed by atoms with van der Waals surface area (Å²) in [5, 5.41) is 10.6. The van der Waals surface area contributed by atoms with Gasteiger partial charge in [-0.15, -0.1) is 0 Å². The zero-order valence-electron chi connectivity index (χ0n) is 16.2. The zero-order chi connectivity index (χ0) is 18.6. The number of amides is 1. The van der Waals surface area contributed by atoms with Gasteiger partial charge < -0.3 is 9.84 Å². The maximum absolute atomic E-state index is 12.9. The Labute approximate surface area is 153 Å². The molecule has 1 aliphatic heterocycles. The number of aliphatic hydroxyl groups excluding tert-OH is 1. The minimum atomic E-state index is -1.36. The molecule has 0 bridgehead atoms. The Bertz CT molecular complexity index is 558. The van der Waals surface area contributed by atoms with Crippen LogP contribution in [0.4, 0.5) is 4.79 Å². The fourth-order valence-corrected chi connectivity index (χ4v) is 5.59. The molecule has 4 nitrogen and oxygen atoms in total. The van der Waals surface area contributed by atoms with Crippen molar-refractivity contribution in [1.82, 2.24) is 4.90 Å². The number of benzene rings is 1. The van der Waals surface area contributed by atoms with Crippen LogP contribution in [0, 0.1) is 5.92 Å². The van der Waals surface area contributed by atoms with Crippen molar-refractivity contribution >= 4 is 14.2 Å². The number of carbonyl (C=O) groups is 1. The van der Waals surface area contributed by atoms with Crippen LogP contribution >= 0.6 is 0 Å². The number of likely N-dealkylation sites (tertiary alicyclic amines) is 1. The molecule has 1 saturated heterocycles. The van der Waals surface area contributed by atoms with E-state index >= 15 is 0 Å². The molecule has 1 unspecified atom stereocenters. The van der Waals surface area contributed by atoms with Crippen molar-refractivity contribution in [3.8, 4) is 0 Å². The monoisotopic (exact) mass is 363 g/mol. The molecule has 1 aromatic carbocycles. The van der Waals surface area contributed by atoms with E-state index in [9.17, 15) is 9.90 Å². The fraction of sp³-hybridized carbons (Fsp3) is 0.650. The first kappa shape index (κ1) is 20.0. The summed E-state index contributed by atoms with van der Waals surface area (Å²) in [6.07, 6.45) is 0.860. The van der Waals surface area contributed by atoms with Crippen LogP contribution in [0.3, 0.4) is 0 Å². The standard InChI is InChI=1S/C20H33NO3Si/c1-6-15(2)19-18(22)12-17(14-25(3,4)5)21(19)20(23)24-13-16-10-8-7-9-11-16/h7-11,15,17-19,22H,6,12-14H2,1-5H3/t15?,17-,18-,19-/m0/s1. The van der Waals surface area contributed by atoms with Crippen molar-refractivity contribution in [2.45, 2.75) is 77.2 Å². The van der Waals surface area contributed by atoms with Gasteiger partial charge in [-0.1, -0.05) is 70.2 Å². The minimum absolute atomic E-state index is 0.0870. The molecule has 1 amide bonds. The summed E-state index contributed by atoms with van der Waals surface area (Å²) < 4.78 is 5.62. The third-order valence-electron chi connectivity index (χ3n) is 5.11. The van der Waals surface area contributed by atoms with Gasteiger partial charge in [0, 0.05) is 14.1 Å². The van der Waals surface area contributed by atoms with Crippen LogP contribution in [-0.2, 0) is 11.3 Å². The molecule has 0 aromatic heterocycles. The van der Waals surface area contributed by atoms with E-state index in [1.165, 1.54) is 0 Å². The van der Waals surface area contributed by atoms with E-state index in [1.54, 1.807) is 0 Å². The van der Waals surface area contributed by atoms with Crippen molar-refractivity contribution in [3.05, 3.63) is 35.9 Å². The van der Waals surface area contributed by atoms with Crippen LogP contribution in [0.25, 0.3) is 0 Å². The van der Waals surface area contributed by atoms with Gasteiger partial charge in [0.1, 0.15) is 6.61 Å². The normalized spacial score (nSPS) is 25.0. The average molecular weight is 364 g/mol. The summed E-state index contributed by atoms with van der Waals surface area (Å²) >= 11 is 0. The Hall–Kier alpha value is -1.33. The molecule has 0 spiro atoms. The first-order chi connectivity index (χ1) is 11.7. The molecule has 25 heavy (non-hydrogen) atoms. The summed E-state index contributed by atoms with van der Waals surface area (Å²) in [7, 11) is -1.36. The molecule has 4 atom stereocenters. The first-order valence-corrected chi connectivity index (χ1v) is 13.1. The number of nitrogens with zero attached hydrogens (tertiary/aromatic N) is 1. The number of rotatable bonds is 6. The lowest BCUT2D eigenvalue weighted by Crippen LogP contribution is -2.48. The molecule has 1 heterocycles. The Morgan fingerprint density at radius 1 is 1.32 bits per heavy atom. The molecular weight excluding hydrogens is 330 g/mol. The van der Waals surface area contributed by atoms with Crippen LogP contribution in [0.5, 0.6) is 0 Å². The summed E-state index contributed by atoms with van der Waals surface area (Å²) in [6.45, 7) is 11.4. The second-order valence-corrected chi connectivity index (χ2v) is 14.1. The Morgan fingerprint density at radius 2 is 1.96 bits per heavy atom. The molecular formula is C20H33NO3Si. The highest BCUT2D eigenvalue weighted by Crippen LogP contribution is 2.35. The van der Waals surface area contributed by atoms with Gasteiger partial charge >= 0.3 is 6.09 Å². The molecule has 5 heteroatoms. The highest BCUT2D eigenvalue weighted by Gasteiger charge is 2.46. The number of carbonyl (C=O) groups excluding carboxylic acids is 1. The third kappa shape index (κ3) is 5.32. The van der Waals surface area contributed by atoms with Crippen LogP contribution < -0.4 is 0 Å². The zero-order valence-corrected chi connectivity index (χ0v) is 17.2. The van der Waals surface area contributed by atoms with Crippen molar-refractivity contribution in [1.29, 1.82) is 0 Å². The maximum Gasteiger partial charge on any atom is 0.410 e. The lowest BCUT2D eigenvalue weighted by Gasteiger charge is -2.35. The van der Waals surface area contributed by atoms with Crippen molar-refractivity contribution in [2.75, 3.05) is 0 Å². The van der Waals surface area contributed by atoms with E-state index in [4.69, 9.17) is 4.74 Å². The van der Waals surface area contributed by atoms with Crippen LogP contribution in [-0.4, -0.2) is 42.4 Å². The van der Waals surface area contributed by atoms with Crippen molar-refractivity contribution in [3.63, 3.8) is 0 Å². The van der Waals surface area contributed by atoms with Gasteiger partial charge in [0.25, 0.3) is 0 Å². The smallest absolute Gasteiger partial charge is 0.410 e. The summed E-state index contributed by atoms with van der Waals surface area (Å²) in [6, 6.07) is 10.7. The van der Waals surface area contributed by atoms with Gasteiger partial charge in [-0.25, -0.2) is 4.79 Å². The third-order valence-corrected chi connectivity index (χ3v) is 6.81. The van der Waals surface area contributed by atoms with Gasteiger partial charge in [0.2, 0.25) is 0 Å². The van der Waals surface area contributed by atoms with Crippen molar-refractivity contribution in [2.24, 2.45) is 5.92 Å². The Morgan fingerprint density at radius 3 is 2.52 bits per heavy atom. The quantitative estimate of drug-likeness (QED) is 0.757. The highest BCUT2D eigenvalue weighted by atomic mass is 28.3. The predicted octanol–water partition coefficient (Wildman–Crippen LogP) is 4.51. The van der Waals surface area contributed by atoms with Gasteiger partial charge in [0.05, 0.1) is 12.1 Å². The summed E-state index contributed by atoms with van der Waals surface area (Å²) in [5.74, 6) is 0.255. The van der Waals surface area contributed by atoms with E-state index in [1.807, 2.05) is 35.2 Å². The number of aliphatic hydroxyl groups is 1. The second-order valence-electron chi connectivity index (χ2n) is 8.55. The molecule has 0 radical (unpaired) electrons. The van der Waals surface area contributed by atoms with E-state index in [2.05, 4.69) is 33.5 Å². The predicted molar refractivity (Wildman–Crippen MR) is 104 cm³/mol. The molecule has 1 N–H and O–H groups in total. The molecule has 1 aliphatic rings. The van der Waals surface area contributed by atoms with Gasteiger partial charge in [0.15, 0.2) is 0 Å². The molecule has 0 aliphatic carbocycles. The fourth-order valence-electron chi connectivity index (χ4n) is 3.81. The van der Waals surface area contributed by atoms with E-state index in [0.29, 0.717) is 6.42 Å². The SMILES string of the molecule is CCC(C)[C@H]1[C@@H](O)C[C@@H](C[Si](C)(C)C)N1C(=O)OCc1ccccc1. The lowest BCUT2D eigenvalue weighted by atomic mass is 9.95.